The molecule has 0 fully saturated rings. The van der Waals surface area contributed by atoms with Gasteiger partial charge in [0.05, 0.1) is 12.2 Å². The van der Waals surface area contributed by atoms with Gasteiger partial charge in [-0.3, -0.25) is 0 Å². The van der Waals surface area contributed by atoms with Crippen LogP contribution in [0.5, 0.6) is 0 Å². The largest absolute Gasteiger partial charge is 0.545 e. The van der Waals surface area contributed by atoms with E-state index in [0.29, 0.717) is 0 Å². The number of carbonyl (C=O) groups is 1. The molecule has 0 bridgehead atoms. The van der Waals surface area contributed by atoms with Crippen LogP contribution in [0.2, 0.25) is 0 Å². The Balaban J connectivity index is 2.58. The summed E-state index contributed by atoms with van der Waals surface area (Å²) >= 11 is 0. The van der Waals surface area contributed by atoms with E-state index in [0.717, 1.165) is 0 Å². The second kappa shape index (κ2) is 2.59. The average Bonchev–Trinajstić information content (AvgIpc) is 2.15. The fraction of sp³-hybridized carbons (Fsp3) is 0.200. The number of aliphatic carboxylic acids is 1. The Hall–Kier alpha value is -0.900. The smallest absolute Gasteiger partial charge is 0.229 e. The van der Waals surface area contributed by atoms with E-state index < -0.39 is 5.97 Å². The van der Waals surface area contributed by atoms with Crippen molar-refractivity contribution in [3.63, 3.8) is 0 Å². The highest BCUT2D eigenvalue weighted by molar-refractivity contribution is 7.28. The molecule has 1 atom stereocenters. The van der Waals surface area contributed by atoms with E-state index in [-0.39, 0.29) is 16.2 Å². The first-order valence-corrected chi connectivity index (χ1v) is 3.89. The summed E-state index contributed by atoms with van der Waals surface area (Å²) in [4.78, 5) is 13.7. The van der Waals surface area contributed by atoms with Crippen LogP contribution < -0.4 is 5.11 Å². The van der Waals surface area contributed by atoms with Gasteiger partial charge in [0.25, 0.3) is 0 Å². The van der Waals surface area contributed by atoms with Crippen molar-refractivity contribution in [1.29, 1.82) is 0 Å². The van der Waals surface area contributed by atoms with Gasteiger partial charge in [-0.2, -0.15) is 0 Å². The van der Waals surface area contributed by atoms with Crippen LogP contribution in [0.4, 0.5) is 0 Å². The van der Waals surface area contributed by atoms with Gasteiger partial charge in [0, 0.05) is 10.5 Å². The molecule has 4 heteroatoms. The highest BCUT2D eigenvalue weighted by Crippen LogP contribution is 2.13. The number of thiazole rings is 1. The molecule has 0 N–H and O–H groups in total. The van der Waals surface area contributed by atoms with Crippen molar-refractivity contribution in [2.75, 3.05) is 0 Å². The third kappa shape index (κ3) is 1.81. The third-order valence-electron chi connectivity index (χ3n) is 0.802. The van der Waals surface area contributed by atoms with Gasteiger partial charge in [0.1, 0.15) is 0 Å². The van der Waals surface area contributed by atoms with Gasteiger partial charge in [0.15, 0.2) is 11.1 Å². The molecule has 1 rings (SSSR count). The summed E-state index contributed by atoms with van der Waals surface area (Å²) in [5.74, 6) is -0.948. The summed E-state index contributed by atoms with van der Waals surface area (Å²) in [6.07, 6.45) is 1.60. The summed E-state index contributed by atoms with van der Waals surface area (Å²) in [6, 6.07) is 0. The molecule has 0 aliphatic heterocycles. The summed E-state index contributed by atoms with van der Waals surface area (Å²) < 4.78 is 0. The first-order chi connectivity index (χ1) is 4.29. The monoisotopic (exact) mass is 143 g/mol. The standard InChI is InChI=1S/C5H5NO2S/c7-5(8)3-9-2-1-6-4-9/h1-2,4H,3H2. The molecule has 0 radical (unpaired) electrons. The second-order valence-electron chi connectivity index (χ2n) is 1.53. The molecular formula is C5H5NO2S. The van der Waals surface area contributed by atoms with Gasteiger partial charge >= 0.3 is 0 Å². The van der Waals surface area contributed by atoms with E-state index in [1.807, 2.05) is 0 Å². The van der Waals surface area contributed by atoms with E-state index in [1.54, 1.807) is 17.1 Å². The van der Waals surface area contributed by atoms with Crippen molar-refractivity contribution < 1.29 is 9.90 Å². The van der Waals surface area contributed by atoms with Gasteiger partial charge in [-0.15, -0.1) is 0 Å². The molecule has 0 saturated carbocycles. The minimum absolute atomic E-state index is 0.0694. The highest BCUT2D eigenvalue weighted by atomic mass is 32.2. The Morgan fingerprint density at radius 2 is 2.56 bits per heavy atom. The first kappa shape index (κ1) is 6.22. The van der Waals surface area contributed by atoms with Crippen molar-refractivity contribution in [2.45, 2.75) is 5.75 Å². The minimum atomic E-state index is -1.02. The molecule has 48 valence electrons. The lowest BCUT2D eigenvalue weighted by molar-refractivity contribution is -0.303. The van der Waals surface area contributed by atoms with Crippen LogP contribution in [0.1, 0.15) is 0 Å². The number of carboxylic acid groups (broad SMARTS) is 1. The molecule has 0 aliphatic rings. The maximum atomic E-state index is 9.96. The molecule has 9 heavy (non-hydrogen) atoms. The number of hydrogen-bond donors (Lipinski definition) is 0. The van der Waals surface area contributed by atoms with Crippen LogP contribution in [0, 0.1) is 0 Å². The molecule has 0 amide bonds. The molecule has 0 aliphatic carbocycles. The zero-order valence-corrected chi connectivity index (χ0v) is 5.43. The Labute approximate surface area is 54.9 Å². The summed E-state index contributed by atoms with van der Waals surface area (Å²) in [5.41, 5.74) is 1.62. The minimum Gasteiger partial charge on any atom is -0.545 e. The molecule has 1 unspecified atom stereocenters. The van der Waals surface area contributed by atoms with E-state index >= 15 is 0 Å². The zero-order chi connectivity index (χ0) is 6.69. The Bertz CT molecular complexity index is 195. The molecular weight excluding hydrogens is 138 g/mol. The van der Waals surface area contributed by atoms with E-state index in [9.17, 15) is 9.90 Å². The van der Waals surface area contributed by atoms with Gasteiger partial charge < -0.3 is 9.90 Å². The molecule has 0 spiro atoms. The number of aromatic nitrogens is 1. The van der Waals surface area contributed by atoms with Gasteiger partial charge in [-0.05, 0) is 0 Å². The van der Waals surface area contributed by atoms with Crippen LogP contribution in [-0.2, 0) is 10.5 Å². The molecule has 1 aromatic heterocycles. The number of nitrogens with zero attached hydrogens (tertiary/aromatic N) is 1. The fourth-order valence-electron chi connectivity index (χ4n) is 0.483. The topological polar surface area (TPSA) is 53.0 Å². The quantitative estimate of drug-likeness (QED) is 0.528. The van der Waals surface area contributed by atoms with Gasteiger partial charge in [-0.1, -0.05) is 0 Å². The van der Waals surface area contributed by atoms with E-state index in [1.165, 1.54) is 0 Å². The number of rotatable bonds is 2. The van der Waals surface area contributed by atoms with E-state index in [2.05, 4.69) is 4.98 Å². The van der Waals surface area contributed by atoms with Crippen molar-refractivity contribution in [2.24, 2.45) is 0 Å². The maximum Gasteiger partial charge on any atom is 0.229 e. The predicted molar refractivity (Wildman–Crippen MR) is 31.7 cm³/mol. The first-order valence-electron chi connectivity index (χ1n) is 2.37. The lowest BCUT2D eigenvalue weighted by atomic mass is 10.8. The van der Waals surface area contributed by atoms with Crippen molar-refractivity contribution in [3.05, 3.63) is 17.1 Å². The maximum absolute atomic E-state index is 9.96. The van der Waals surface area contributed by atoms with Crippen LogP contribution in [-0.4, -0.2) is 11.0 Å². The fourth-order valence-corrected chi connectivity index (χ4v) is 1.45. The highest BCUT2D eigenvalue weighted by Gasteiger charge is 2.00. The van der Waals surface area contributed by atoms with Crippen molar-refractivity contribution in [3.8, 4) is 0 Å². The van der Waals surface area contributed by atoms with Crippen LogP contribution in [0.3, 0.4) is 0 Å². The van der Waals surface area contributed by atoms with Crippen molar-refractivity contribution >= 4 is 16.4 Å². The lowest BCUT2D eigenvalue weighted by Crippen LogP contribution is -2.22. The predicted octanol–water partition coefficient (Wildman–Crippen LogP) is -0.419. The lowest BCUT2D eigenvalue weighted by Gasteiger charge is -1.88. The van der Waals surface area contributed by atoms with Crippen LogP contribution in [0.15, 0.2) is 17.1 Å². The molecule has 1 heterocycles. The third-order valence-corrected chi connectivity index (χ3v) is 2.24. The number of carboxylic acids is 1. The summed E-state index contributed by atoms with van der Waals surface area (Å²) in [5, 5.41) is 11.7. The van der Waals surface area contributed by atoms with Gasteiger partial charge in [0.2, 0.25) is 5.51 Å². The van der Waals surface area contributed by atoms with Crippen molar-refractivity contribution in [1.82, 2.24) is 4.98 Å². The number of hydrogen-bond acceptors (Lipinski definition) is 3. The van der Waals surface area contributed by atoms with Crippen LogP contribution >= 0.6 is 10.5 Å². The molecule has 0 aromatic carbocycles. The molecule has 0 saturated heterocycles. The SMILES string of the molecule is O=C([O-])C[s+]1ccnc1. The van der Waals surface area contributed by atoms with E-state index in [4.69, 9.17) is 0 Å². The second-order valence-corrected chi connectivity index (χ2v) is 3.24. The normalized spacial score (nSPS) is 11.3. The number of carbonyl (C=O) groups excluding carboxylic acids is 1. The Morgan fingerprint density at radius 3 is 3.00 bits per heavy atom. The molecule has 3 nitrogen and oxygen atoms in total. The Kier molecular flexibility index (Phi) is 1.79. The summed E-state index contributed by atoms with van der Waals surface area (Å²) in [7, 11) is -0.292. The Morgan fingerprint density at radius 1 is 1.78 bits per heavy atom. The zero-order valence-electron chi connectivity index (χ0n) is 4.61. The average molecular weight is 143 g/mol. The molecule has 1 aromatic rings. The van der Waals surface area contributed by atoms with Gasteiger partial charge in [-0.25, -0.2) is 4.98 Å². The van der Waals surface area contributed by atoms with Crippen LogP contribution in [0.25, 0.3) is 0 Å². The summed E-state index contributed by atoms with van der Waals surface area (Å²) in [6.45, 7) is 0.